The van der Waals surface area contributed by atoms with Crippen LogP contribution in [-0.4, -0.2) is 74.9 Å². The molecule has 0 amide bonds. The Bertz CT molecular complexity index is 598. The molecule has 160 valence electrons. The van der Waals surface area contributed by atoms with E-state index in [1.165, 1.54) is 12.3 Å². The van der Waals surface area contributed by atoms with Crippen LogP contribution in [0.25, 0.3) is 0 Å². The number of nitrogens with one attached hydrogen (secondary N) is 2. The Hall–Kier alpha value is -1.34. The predicted octanol–water partition coefficient (Wildman–Crippen LogP) is 1.98. The molecular weight excluding hydrogens is 490 g/mol. The van der Waals surface area contributed by atoms with Gasteiger partial charge in [0.05, 0.1) is 26.3 Å². The molecule has 1 fully saturated rings. The Morgan fingerprint density at radius 3 is 2.75 bits per heavy atom. The Morgan fingerprint density at radius 1 is 1.32 bits per heavy atom. The highest BCUT2D eigenvalue weighted by atomic mass is 127. The average molecular weight is 517 g/mol. The first-order valence-electron chi connectivity index (χ1n) is 8.98. The lowest BCUT2D eigenvalue weighted by Gasteiger charge is -2.25. The van der Waals surface area contributed by atoms with Gasteiger partial charge in [0.15, 0.2) is 5.96 Å². The summed E-state index contributed by atoms with van der Waals surface area (Å²) in [5.74, 6) is 0.187. The van der Waals surface area contributed by atoms with E-state index in [1.807, 2.05) is 6.92 Å². The molecule has 0 spiro atoms. The summed E-state index contributed by atoms with van der Waals surface area (Å²) in [6.07, 6.45) is -3.22. The van der Waals surface area contributed by atoms with Crippen LogP contribution < -0.4 is 15.4 Å². The monoisotopic (exact) mass is 517 g/mol. The van der Waals surface area contributed by atoms with E-state index in [-0.39, 0.29) is 30.6 Å². The summed E-state index contributed by atoms with van der Waals surface area (Å²) in [5.41, 5.74) is -0.879. The normalized spacial score (nSPS) is 15.6. The second kappa shape index (κ2) is 13.0. The fourth-order valence-corrected chi connectivity index (χ4v) is 2.51. The van der Waals surface area contributed by atoms with E-state index in [9.17, 15) is 13.2 Å². The zero-order chi connectivity index (χ0) is 19.5. The molecule has 1 aromatic heterocycles. The second-order valence-corrected chi connectivity index (χ2v) is 5.84. The zero-order valence-electron chi connectivity index (χ0n) is 15.8. The van der Waals surface area contributed by atoms with Crippen LogP contribution >= 0.6 is 24.0 Å². The van der Waals surface area contributed by atoms with Crippen molar-refractivity contribution in [1.29, 1.82) is 0 Å². The van der Waals surface area contributed by atoms with Gasteiger partial charge in [0.1, 0.15) is 12.2 Å². The van der Waals surface area contributed by atoms with Crippen molar-refractivity contribution in [3.8, 4) is 5.88 Å². The molecule has 1 aromatic rings. The number of hydrogen-bond acceptors (Lipinski definition) is 5. The fraction of sp³-hybridized carbons (Fsp3) is 0.647. The van der Waals surface area contributed by atoms with Crippen LogP contribution in [-0.2, 0) is 10.9 Å². The van der Waals surface area contributed by atoms with Crippen LogP contribution in [0.15, 0.2) is 23.3 Å². The minimum atomic E-state index is -4.49. The van der Waals surface area contributed by atoms with Gasteiger partial charge in [-0.05, 0) is 19.1 Å². The van der Waals surface area contributed by atoms with Crippen molar-refractivity contribution >= 4 is 29.9 Å². The number of halogens is 4. The number of alkyl halides is 3. The number of nitrogens with zero attached hydrogens (tertiary/aromatic N) is 3. The average Bonchev–Trinajstić information content (AvgIpc) is 2.65. The van der Waals surface area contributed by atoms with Gasteiger partial charge < -0.3 is 20.1 Å². The summed E-state index contributed by atoms with van der Waals surface area (Å²) in [7, 11) is 0. The highest BCUT2D eigenvalue weighted by Gasteiger charge is 2.34. The van der Waals surface area contributed by atoms with Crippen LogP contribution in [0.4, 0.5) is 13.2 Å². The predicted molar refractivity (Wildman–Crippen MR) is 111 cm³/mol. The van der Waals surface area contributed by atoms with Crippen molar-refractivity contribution in [2.75, 3.05) is 59.1 Å². The first kappa shape index (κ1) is 24.7. The number of morpholine rings is 1. The van der Waals surface area contributed by atoms with E-state index >= 15 is 0 Å². The molecule has 0 unspecified atom stereocenters. The third kappa shape index (κ3) is 8.78. The maximum Gasteiger partial charge on any atom is 0.421 e. The van der Waals surface area contributed by atoms with Crippen molar-refractivity contribution in [2.24, 2.45) is 4.99 Å². The standard InChI is InChI=1S/C17H26F3N5O2.HI/c1-2-21-16(23-6-8-25-9-12-26-13-10-25)24-7-11-27-15-14(17(18,19)20)4-3-5-22-15;/h3-5H,2,6-13H2,1H3,(H2,21,23,24);1H. The molecule has 1 aliphatic heterocycles. The summed E-state index contributed by atoms with van der Waals surface area (Å²) >= 11 is 0. The van der Waals surface area contributed by atoms with Gasteiger partial charge >= 0.3 is 6.18 Å². The molecule has 0 aromatic carbocycles. The van der Waals surface area contributed by atoms with Gasteiger partial charge in [0, 0.05) is 32.4 Å². The number of ether oxygens (including phenoxy) is 2. The van der Waals surface area contributed by atoms with Crippen molar-refractivity contribution in [3.63, 3.8) is 0 Å². The minimum absolute atomic E-state index is 0. The Balaban J connectivity index is 0.00000392. The summed E-state index contributed by atoms with van der Waals surface area (Å²) in [6.45, 7) is 7.71. The van der Waals surface area contributed by atoms with Crippen LogP contribution in [0.2, 0.25) is 0 Å². The lowest BCUT2D eigenvalue weighted by Crippen LogP contribution is -2.41. The first-order valence-corrected chi connectivity index (χ1v) is 8.98. The quantitative estimate of drug-likeness (QED) is 0.238. The van der Waals surface area contributed by atoms with Gasteiger partial charge in [-0.15, -0.1) is 24.0 Å². The number of guanidine groups is 1. The lowest BCUT2D eigenvalue weighted by molar-refractivity contribution is -0.139. The number of pyridine rings is 1. The molecule has 0 atom stereocenters. The van der Waals surface area contributed by atoms with Gasteiger partial charge in [-0.2, -0.15) is 13.2 Å². The van der Waals surface area contributed by atoms with E-state index < -0.39 is 17.6 Å². The van der Waals surface area contributed by atoms with E-state index in [4.69, 9.17) is 9.47 Å². The van der Waals surface area contributed by atoms with E-state index in [1.54, 1.807) is 0 Å². The Labute approximate surface area is 180 Å². The maximum absolute atomic E-state index is 12.9. The third-order valence-corrected chi connectivity index (χ3v) is 3.84. The lowest BCUT2D eigenvalue weighted by atomic mass is 10.2. The van der Waals surface area contributed by atoms with E-state index in [0.717, 1.165) is 38.9 Å². The van der Waals surface area contributed by atoms with Gasteiger partial charge in [0.2, 0.25) is 5.88 Å². The Morgan fingerprint density at radius 2 is 2.07 bits per heavy atom. The van der Waals surface area contributed by atoms with E-state index in [2.05, 4.69) is 25.5 Å². The summed E-state index contributed by atoms with van der Waals surface area (Å²) in [4.78, 5) is 10.4. The smallest absolute Gasteiger partial charge is 0.421 e. The molecule has 7 nitrogen and oxygen atoms in total. The molecule has 11 heteroatoms. The molecule has 0 saturated carbocycles. The highest BCUT2D eigenvalue weighted by molar-refractivity contribution is 14.0. The minimum Gasteiger partial charge on any atom is -0.475 e. The number of aromatic nitrogens is 1. The fourth-order valence-electron chi connectivity index (χ4n) is 2.51. The van der Waals surface area contributed by atoms with E-state index in [0.29, 0.717) is 25.6 Å². The molecule has 2 heterocycles. The molecule has 28 heavy (non-hydrogen) atoms. The molecule has 0 bridgehead atoms. The SMILES string of the molecule is CCNC(=NCCN1CCOCC1)NCCOc1ncccc1C(F)(F)F.I. The molecule has 2 N–H and O–H groups in total. The zero-order valence-corrected chi connectivity index (χ0v) is 18.1. The Kier molecular flexibility index (Phi) is 11.5. The number of aliphatic imine (C=N–C) groups is 1. The molecule has 0 aliphatic carbocycles. The number of rotatable bonds is 8. The summed E-state index contributed by atoms with van der Waals surface area (Å²) in [5, 5.41) is 6.15. The summed E-state index contributed by atoms with van der Waals surface area (Å²) in [6, 6.07) is 2.19. The van der Waals surface area contributed by atoms with Crippen molar-refractivity contribution in [3.05, 3.63) is 23.9 Å². The molecule has 1 aliphatic rings. The van der Waals surface area contributed by atoms with Gasteiger partial charge in [0.25, 0.3) is 0 Å². The van der Waals surface area contributed by atoms with Crippen molar-refractivity contribution in [2.45, 2.75) is 13.1 Å². The third-order valence-electron chi connectivity index (χ3n) is 3.84. The molecule has 0 radical (unpaired) electrons. The van der Waals surface area contributed by atoms with Gasteiger partial charge in [-0.3, -0.25) is 9.89 Å². The largest absolute Gasteiger partial charge is 0.475 e. The first-order chi connectivity index (χ1) is 13.0. The topological polar surface area (TPSA) is 71.0 Å². The number of hydrogen-bond donors (Lipinski definition) is 2. The molecule has 2 rings (SSSR count). The van der Waals surface area contributed by atoms with Crippen LogP contribution in [0, 0.1) is 0 Å². The van der Waals surface area contributed by atoms with Crippen LogP contribution in [0.3, 0.4) is 0 Å². The van der Waals surface area contributed by atoms with Crippen molar-refractivity contribution < 1.29 is 22.6 Å². The maximum atomic E-state index is 12.9. The van der Waals surface area contributed by atoms with Crippen LogP contribution in [0.5, 0.6) is 5.88 Å². The van der Waals surface area contributed by atoms with Gasteiger partial charge in [-0.25, -0.2) is 4.98 Å². The summed E-state index contributed by atoms with van der Waals surface area (Å²) < 4.78 is 49.2. The van der Waals surface area contributed by atoms with Crippen LogP contribution in [0.1, 0.15) is 12.5 Å². The van der Waals surface area contributed by atoms with Gasteiger partial charge in [-0.1, -0.05) is 0 Å². The molecule has 1 saturated heterocycles. The highest BCUT2D eigenvalue weighted by Crippen LogP contribution is 2.34. The second-order valence-electron chi connectivity index (χ2n) is 5.84. The molecular formula is C17H27F3IN5O2. The van der Waals surface area contributed by atoms with Crippen molar-refractivity contribution in [1.82, 2.24) is 20.5 Å².